The monoisotopic (exact) mass is 151 g/mol. The zero-order chi connectivity index (χ0) is 8.10. The standard InChI is InChI=1S/C8H11N.C2H6/c1-2-7-4-5-9-6-8(7)3-1;1-2/h1,3,9H,2,4-6H2;1-2H3. The average molecular weight is 151 g/mol. The Morgan fingerprint density at radius 1 is 1.36 bits per heavy atom. The molecule has 62 valence electrons. The minimum atomic E-state index is 1.10. The van der Waals surface area contributed by atoms with Gasteiger partial charge in [0.25, 0.3) is 0 Å². The van der Waals surface area contributed by atoms with Crippen molar-refractivity contribution in [1.82, 2.24) is 5.32 Å². The second-order valence-electron chi connectivity index (χ2n) is 2.66. The van der Waals surface area contributed by atoms with Crippen molar-refractivity contribution in [3.63, 3.8) is 0 Å². The van der Waals surface area contributed by atoms with Gasteiger partial charge in [0.1, 0.15) is 0 Å². The second kappa shape index (κ2) is 4.35. The molecule has 0 bridgehead atoms. The molecule has 0 aromatic rings. The van der Waals surface area contributed by atoms with Crippen LogP contribution in [0.25, 0.3) is 0 Å². The molecule has 1 aliphatic carbocycles. The van der Waals surface area contributed by atoms with E-state index in [2.05, 4.69) is 17.5 Å². The van der Waals surface area contributed by atoms with E-state index >= 15 is 0 Å². The van der Waals surface area contributed by atoms with E-state index in [1.165, 1.54) is 19.4 Å². The second-order valence-corrected chi connectivity index (χ2v) is 2.66. The summed E-state index contributed by atoms with van der Waals surface area (Å²) in [6, 6.07) is 0. The van der Waals surface area contributed by atoms with Crippen LogP contribution in [0.1, 0.15) is 26.7 Å². The maximum atomic E-state index is 3.35. The van der Waals surface area contributed by atoms with Crippen LogP contribution in [0.15, 0.2) is 23.3 Å². The van der Waals surface area contributed by atoms with E-state index in [1.807, 2.05) is 13.8 Å². The number of hydrogen-bond acceptors (Lipinski definition) is 1. The zero-order valence-electron chi connectivity index (χ0n) is 7.48. The van der Waals surface area contributed by atoms with Crippen LogP contribution in [0, 0.1) is 0 Å². The lowest BCUT2D eigenvalue weighted by molar-refractivity contribution is 0.685. The maximum absolute atomic E-state index is 3.35. The van der Waals surface area contributed by atoms with Crippen molar-refractivity contribution in [3.05, 3.63) is 23.3 Å². The molecule has 0 saturated carbocycles. The quantitative estimate of drug-likeness (QED) is 0.560. The van der Waals surface area contributed by atoms with Crippen molar-refractivity contribution in [3.8, 4) is 0 Å². The predicted octanol–water partition coefficient (Wildman–Crippen LogP) is 2.26. The van der Waals surface area contributed by atoms with Crippen LogP contribution < -0.4 is 5.32 Å². The van der Waals surface area contributed by atoms with Gasteiger partial charge in [-0.15, -0.1) is 0 Å². The lowest BCUT2D eigenvalue weighted by Gasteiger charge is -2.14. The fourth-order valence-corrected chi connectivity index (χ4v) is 1.50. The Bertz CT molecular complexity index is 177. The lowest BCUT2D eigenvalue weighted by atomic mass is 10.0. The van der Waals surface area contributed by atoms with Gasteiger partial charge in [-0.2, -0.15) is 0 Å². The molecule has 0 spiro atoms. The Labute approximate surface area is 69.2 Å². The average Bonchev–Trinajstić information content (AvgIpc) is 2.55. The van der Waals surface area contributed by atoms with Crippen LogP contribution >= 0.6 is 0 Å². The molecule has 0 saturated heterocycles. The molecule has 2 aliphatic rings. The first-order valence-electron chi connectivity index (χ1n) is 4.55. The van der Waals surface area contributed by atoms with Gasteiger partial charge in [-0.3, -0.25) is 0 Å². The number of allylic oxidation sites excluding steroid dienone is 1. The fraction of sp³-hybridized carbons (Fsp3) is 0.600. The van der Waals surface area contributed by atoms with E-state index in [-0.39, 0.29) is 0 Å². The molecule has 2 rings (SSSR count). The highest BCUT2D eigenvalue weighted by molar-refractivity contribution is 5.36. The molecule has 0 atom stereocenters. The molecule has 1 aliphatic heterocycles. The van der Waals surface area contributed by atoms with Crippen LogP contribution in [0.5, 0.6) is 0 Å². The molecule has 0 amide bonds. The molecular formula is C10H17N. The van der Waals surface area contributed by atoms with Gasteiger partial charge in [0.05, 0.1) is 0 Å². The van der Waals surface area contributed by atoms with Crippen LogP contribution in [-0.2, 0) is 0 Å². The number of nitrogens with one attached hydrogen (secondary N) is 1. The SMILES string of the molecule is C1=CC2=C(C1)CCNC2.CC. The largest absolute Gasteiger partial charge is 0.312 e. The third-order valence-corrected chi connectivity index (χ3v) is 2.06. The van der Waals surface area contributed by atoms with Gasteiger partial charge in [-0.25, -0.2) is 0 Å². The smallest absolute Gasteiger partial charge is 0.0205 e. The van der Waals surface area contributed by atoms with E-state index in [0.29, 0.717) is 0 Å². The topological polar surface area (TPSA) is 12.0 Å². The van der Waals surface area contributed by atoms with E-state index in [0.717, 1.165) is 6.54 Å². The van der Waals surface area contributed by atoms with Gasteiger partial charge in [-0.05, 0) is 25.0 Å². The van der Waals surface area contributed by atoms with Crippen molar-refractivity contribution in [1.29, 1.82) is 0 Å². The van der Waals surface area contributed by atoms with Crippen molar-refractivity contribution < 1.29 is 0 Å². The molecule has 0 unspecified atom stereocenters. The molecule has 1 N–H and O–H groups in total. The molecule has 1 heteroatoms. The third kappa shape index (κ3) is 1.93. The first kappa shape index (κ1) is 8.54. The maximum Gasteiger partial charge on any atom is 0.0205 e. The molecule has 1 heterocycles. The minimum absolute atomic E-state index is 1.10. The fourth-order valence-electron chi connectivity index (χ4n) is 1.50. The third-order valence-electron chi connectivity index (χ3n) is 2.06. The van der Waals surface area contributed by atoms with Crippen molar-refractivity contribution in [2.45, 2.75) is 26.7 Å². The molecule has 0 fully saturated rings. The van der Waals surface area contributed by atoms with Gasteiger partial charge in [0, 0.05) is 6.54 Å². The molecule has 0 aromatic carbocycles. The lowest BCUT2D eigenvalue weighted by Crippen LogP contribution is -2.23. The van der Waals surface area contributed by atoms with Gasteiger partial charge < -0.3 is 5.32 Å². The summed E-state index contributed by atoms with van der Waals surface area (Å²) in [6.45, 7) is 6.28. The summed E-state index contributed by atoms with van der Waals surface area (Å²) in [4.78, 5) is 0. The molecule has 11 heavy (non-hydrogen) atoms. The van der Waals surface area contributed by atoms with E-state index < -0.39 is 0 Å². The minimum Gasteiger partial charge on any atom is -0.312 e. The Balaban J connectivity index is 0.000000281. The molecule has 0 radical (unpaired) electrons. The zero-order valence-corrected chi connectivity index (χ0v) is 7.48. The summed E-state index contributed by atoms with van der Waals surface area (Å²) in [6.07, 6.45) is 7.00. The molecular weight excluding hydrogens is 134 g/mol. The van der Waals surface area contributed by atoms with Gasteiger partial charge in [-0.1, -0.05) is 31.6 Å². The predicted molar refractivity (Wildman–Crippen MR) is 49.6 cm³/mol. The van der Waals surface area contributed by atoms with Gasteiger partial charge >= 0.3 is 0 Å². The van der Waals surface area contributed by atoms with Crippen molar-refractivity contribution in [2.24, 2.45) is 0 Å². The Hall–Kier alpha value is -0.560. The number of rotatable bonds is 0. The normalized spacial score (nSPS) is 20.9. The first-order valence-corrected chi connectivity index (χ1v) is 4.55. The highest BCUT2D eigenvalue weighted by atomic mass is 14.9. The van der Waals surface area contributed by atoms with Crippen molar-refractivity contribution >= 4 is 0 Å². The summed E-state index contributed by atoms with van der Waals surface area (Å²) >= 11 is 0. The van der Waals surface area contributed by atoms with E-state index in [9.17, 15) is 0 Å². The summed E-state index contributed by atoms with van der Waals surface area (Å²) in [7, 11) is 0. The van der Waals surface area contributed by atoms with E-state index in [4.69, 9.17) is 0 Å². The molecule has 0 aromatic heterocycles. The van der Waals surface area contributed by atoms with Crippen LogP contribution in [0.3, 0.4) is 0 Å². The summed E-state index contributed by atoms with van der Waals surface area (Å²) < 4.78 is 0. The Morgan fingerprint density at radius 2 is 2.18 bits per heavy atom. The summed E-state index contributed by atoms with van der Waals surface area (Å²) in [5.41, 5.74) is 3.20. The van der Waals surface area contributed by atoms with Crippen LogP contribution in [0.4, 0.5) is 0 Å². The summed E-state index contributed by atoms with van der Waals surface area (Å²) in [5.74, 6) is 0. The van der Waals surface area contributed by atoms with Crippen molar-refractivity contribution in [2.75, 3.05) is 13.1 Å². The Morgan fingerprint density at radius 3 is 2.91 bits per heavy atom. The highest BCUT2D eigenvalue weighted by Crippen LogP contribution is 2.23. The van der Waals surface area contributed by atoms with Gasteiger partial charge in [0.15, 0.2) is 0 Å². The molecule has 1 nitrogen and oxygen atoms in total. The van der Waals surface area contributed by atoms with Crippen LogP contribution in [0.2, 0.25) is 0 Å². The summed E-state index contributed by atoms with van der Waals surface area (Å²) in [5, 5.41) is 3.35. The first-order chi connectivity index (χ1) is 5.47. The van der Waals surface area contributed by atoms with Crippen LogP contribution in [-0.4, -0.2) is 13.1 Å². The Kier molecular flexibility index (Phi) is 3.37. The number of hydrogen-bond donors (Lipinski definition) is 1. The highest BCUT2D eigenvalue weighted by Gasteiger charge is 2.11. The van der Waals surface area contributed by atoms with Gasteiger partial charge in [0.2, 0.25) is 0 Å². The van der Waals surface area contributed by atoms with E-state index in [1.54, 1.807) is 11.1 Å².